The van der Waals surface area contributed by atoms with E-state index in [0.717, 1.165) is 16.8 Å². The van der Waals surface area contributed by atoms with E-state index in [2.05, 4.69) is 10.8 Å². The van der Waals surface area contributed by atoms with Gasteiger partial charge in [-0.05, 0) is 37.1 Å². The lowest BCUT2D eigenvalue weighted by atomic mass is 10.1. The van der Waals surface area contributed by atoms with E-state index in [1.807, 2.05) is 26.0 Å². The quantitative estimate of drug-likeness (QED) is 0.460. The van der Waals surface area contributed by atoms with E-state index in [4.69, 9.17) is 5.84 Å². The first kappa shape index (κ1) is 11.5. The molecule has 1 rings (SSSR count). The topological polar surface area (TPSA) is 55.6 Å². The van der Waals surface area contributed by atoms with Gasteiger partial charge in [0.05, 0.1) is 12.8 Å². The summed E-state index contributed by atoms with van der Waals surface area (Å²) in [5.74, 6) is 5.39. The smallest absolute Gasteiger partial charge is 0.326 e. The minimum Gasteiger partial charge on any atom is -0.468 e. The lowest BCUT2D eigenvalue weighted by Gasteiger charge is -2.18. The van der Waals surface area contributed by atoms with Crippen LogP contribution in [-0.4, -0.2) is 19.6 Å². The molecule has 0 unspecified atom stereocenters. The van der Waals surface area contributed by atoms with Crippen LogP contribution >= 0.6 is 0 Å². The average molecular weight is 208 g/mol. The summed E-state index contributed by atoms with van der Waals surface area (Å²) in [6.07, 6.45) is 0. The molecule has 1 aromatic rings. The number of carbonyl (C=O) groups is 1. The highest BCUT2D eigenvalue weighted by Gasteiger charge is 2.08. The largest absolute Gasteiger partial charge is 0.468 e. The summed E-state index contributed by atoms with van der Waals surface area (Å²) in [7, 11) is 1.34. The second-order valence-corrected chi connectivity index (χ2v) is 3.55. The minimum atomic E-state index is -0.350. The number of methoxy groups -OCH3 is 1. The lowest BCUT2D eigenvalue weighted by Crippen LogP contribution is -2.36. The number of ether oxygens (including phenoxy) is 1. The summed E-state index contributed by atoms with van der Waals surface area (Å²) < 4.78 is 4.54. The van der Waals surface area contributed by atoms with Gasteiger partial charge in [-0.25, -0.2) is 5.84 Å². The van der Waals surface area contributed by atoms with Crippen LogP contribution in [0.15, 0.2) is 18.2 Å². The number of hydrogen-bond donors (Lipinski definition) is 1. The van der Waals surface area contributed by atoms with Crippen molar-refractivity contribution in [2.45, 2.75) is 13.8 Å². The van der Waals surface area contributed by atoms with E-state index in [0.29, 0.717) is 0 Å². The van der Waals surface area contributed by atoms with Crippen LogP contribution in [0.4, 0.5) is 5.69 Å². The Hall–Kier alpha value is -1.55. The summed E-state index contributed by atoms with van der Waals surface area (Å²) >= 11 is 0. The zero-order chi connectivity index (χ0) is 11.4. The molecule has 1 aromatic carbocycles. The molecule has 0 aliphatic heterocycles. The van der Waals surface area contributed by atoms with Crippen LogP contribution in [0.2, 0.25) is 0 Å². The predicted octanol–water partition coefficient (Wildman–Crippen LogP) is 1.16. The molecule has 0 aromatic heterocycles. The molecule has 4 heteroatoms. The normalized spacial score (nSPS) is 9.87. The van der Waals surface area contributed by atoms with E-state index < -0.39 is 0 Å². The van der Waals surface area contributed by atoms with Crippen LogP contribution in [-0.2, 0) is 9.53 Å². The summed E-state index contributed by atoms with van der Waals surface area (Å²) in [6.45, 7) is 4.03. The van der Waals surface area contributed by atoms with Crippen molar-refractivity contribution < 1.29 is 9.53 Å². The molecule has 0 radical (unpaired) electrons. The summed E-state index contributed by atoms with van der Waals surface area (Å²) in [6, 6.07) is 5.90. The zero-order valence-electron chi connectivity index (χ0n) is 9.28. The van der Waals surface area contributed by atoms with E-state index >= 15 is 0 Å². The second-order valence-electron chi connectivity index (χ2n) is 3.55. The summed E-state index contributed by atoms with van der Waals surface area (Å²) in [5.41, 5.74) is 3.05. The maximum Gasteiger partial charge on any atom is 0.326 e. The van der Waals surface area contributed by atoms with Crippen molar-refractivity contribution in [1.82, 2.24) is 0 Å². The van der Waals surface area contributed by atoms with Crippen molar-refractivity contribution in [3.8, 4) is 0 Å². The fourth-order valence-electron chi connectivity index (χ4n) is 1.41. The molecule has 0 saturated heterocycles. The molecule has 0 bridgehead atoms. The van der Waals surface area contributed by atoms with E-state index in [-0.39, 0.29) is 12.5 Å². The molecule has 0 fully saturated rings. The molecular weight excluding hydrogens is 192 g/mol. The molecule has 0 spiro atoms. The molecule has 4 nitrogen and oxygen atoms in total. The monoisotopic (exact) mass is 208 g/mol. The average Bonchev–Trinajstić information content (AvgIpc) is 2.16. The summed E-state index contributed by atoms with van der Waals surface area (Å²) in [5, 5.41) is 1.38. The molecule has 0 aliphatic rings. The third-order valence-electron chi connectivity index (χ3n) is 2.07. The van der Waals surface area contributed by atoms with Gasteiger partial charge >= 0.3 is 5.97 Å². The van der Waals surface area contributed by atoms with Crippen molar-refractivity contribution in [1.29, 1.82) is 0 Å². The van der Waals surface area contributed by atoms with E-state index in [1.165, 1.54) is 12.1 Å². The van der Waals surface area contributed by atoms with Gasteiger partial charge in [0, 0.05) is 0 Å². The first-order valence-corrected chi connectivity index (χ1v) is 4.70. The Balaban J connectivity index is 2.81. The zero-order valence-corrected chi connectivity index (χ0v) is 9.28. The van der Waals surface area contributed by atoms with Crippen LogP contribution in [0, 0.1) is 13.8 Å². The predicted molar refractivity (Wildman–Crippen MR) is 59.5 cm³/mol. The molecule has 0 atom stereocenters. The van der Waals surface area contributed by atoms with E-state index in [1.54, 1.807) is 0 Å². The molecule has 2 N–H and O–H groups in total. The highest BCUT2D eigenvalue weighted by atomic mass is 16.5. The number of benzene rings is 1. The second kappa shape index (κ2) is 4.79. The van der Waals surface area contributed by atoms with Gasteiger partial charge in [-0.3, -0.25) is 9.80 Å². The van der Waals surface area contributed by atoms with Crippen LogP contribution in [0.5, 0.6) is 0 Å². The van der Waals surface area contributed by atoms with Gasteiger partial charge in [-0.2, -0.15) is 0 Å². The molecule has 15 heavy (non-hydrogen) atoms. The van der Waals surface area contributed by atoms with Crippen molar-refractivity contribution in [2.24, 2.45) is 5.84 Å². The van der Waals surface area contributed by atoms with Crippen LogP contribution < -0.4 is 10.9 Å². The van der Waals surface area contributed by atoms with Crippen molar-refractivity contribution in [3.05, 3.63) is 29.3 Å². The van der Waals surface area contributed by atoms with Gasteiger partial charge in [0.15, 0.2) is 0 Å². The number of nitrogens with two attached hydrogens (primary N) is 1. The van der Waals surface area contributed by atoms with Crippen LogP contribution in [0.1, 0.15) is 11.1 Å². The molecule has 82 valence electrons. The number of carbonyl (C=O) groups excluding carboxylic acids is 1. The van der Waals surface area contributed by atoms with Gasteiger partial charge in [-0.1, -0.05) is 6.07 Å². The number of aryl methyl sites for hydroxylation is 2. The molecule has 0 heterocycles. The Labute approximate surface area is 89.6 Å². The Kier molecular flexibility index (Phi) is 3.68. The van der Waals surface area contributed by atoms with Crippen LogP contribution in [0.3, 0.4) is 0 Å². The van der Waals surface area contributed by atoms with E-state index in [9.17, 15) is 4.79 Å². The van der Waals surface area contributed by atoms with Crippen molar-refractivity contribution in [3.63, 3.8) is 0 Å². The number of esters is 1. The number of hydrazine groups is 1. The maximum absolute atomic E-state index is 11.0. The van der Waals surface area contributed by atoms with Gasteiger partial charge in [0.2, 0.25) is 0 Å². The number of rotatable bonds is 3. The van der Waals surface area contributed by atoms with Gasteiger partial charge in [-0.15, -0.1) is 0 Å². The lowest BCUT2D eigenvalue weighted by molar-refractivity contribution is -0.138. The van der Waals surface area contributed by atoms with Gasteiger partial charge in [0.1, 0.15) is 6.54 Å². The Morgan fingerprint density at radius 1 is 1.33 bits per heavy atom. The van der Waals surface area contributed by atoms with Crippen molar-refractivity contribution in [2.75, 3.05) is 18.7 Å². The fourth-order valence-corrected chi connectivity index (χ4v) is 1.41. The van der Waals surface area contributed by atoms with Crippen molar-refractivity contribution >= 4 is 11.7 Å². The molecule has 0 amide bonds. The number of nitrogens with zero attached hydrogens (tertiary/aromatic N) is 1. The van der Waals surface area contributed by atoms with Gasteiger partial charge < -0.3 is 4.74 Å². The highest BCUT2D eigenvalue weighted by Crippen LogP contribution is 2.16. The first-order valence-electron chi connectivity index (χ1n) is 4.70. The highest BCUT2D eigenvalue weighted by molar-refractivity contribution is 5.75. The Morgan fingerprint density at radius 3 is 2.33 bits per heavy atom. The Morgan fingerprint density at radius 2 is 1.87 bits per heavy atom. The first-order chi connectivity index (χ1) is 7.02. The fraction of sp³-hybridized carbons (Fsp3) is 0.364. The molecule has 0 saturated carbocycles. The SMILES string of the molecule is COC(=O)CN(N)c1cc(C)cc(C)c1. The minimum absolute atomic E-state index is 0.0550. The molecule has 0 aliphatic carbocycles. The number of anilines is 1. The summed E-state index contributed by atoms with van der Waals surface area (Å²) in [4.78, 5) is 11.0. The molecular formula is C11H16N2O2. The third kappa shape index (κ3) is 3.25. The van der Waals surface area contributed by atoms with Gasteiger partial charge in [0.25, 0.3) is 0 Å². The third-order valence-corrected chi connectivity index (χ3v) is 2.07. The van der Waals surface area contributed by atoms with Crippen LogP contribution in [0.25, 0.3) is 0 Å². The maximum atomic E-state index is 11.0. The standard InChI is InChI=1S/C11H16N2O2/c1-8-4-9(2)6-10(5-8)13(12)7-11(14)15-3/h4-6H,7,12H2,1-3H3. The number of hydrogen-bond acceptors (Lipinski definition) is 4. The Bertz CT molecular complexity index is 343.